The summed E-state index contributed by atoms with van der Waals surface area (Å²) in [6, 6.07) is 0. The molecule has 3 unspecified atom stereocenters. The van der Waals surface area contributed by atoms with Crippen molar-refractivity contribution in [2.75, 3.05) is 13.2 Å². The van der Waals surface area contributed by atoms with Gasteiger partial charge in [-0.25, -0.2) is 0 Å². The molecule has 0 radical (unpaired) electrons. The molecule has 3 N–H and O–H groups in total. The lowest BCUT2D eigenvalue weighted by Crippen LogP contribution is -2.47. The summed E-state index contributed by atoms with van der Waals surface area (Å²) in [7, 11) is 0. The molecule has 1 aliphatic heterocycles. The molecule has 0 bridgehead atoms. The normalized spacial score (nSPS) is 39.5. The van der Waals surface area contributed by atoms with Gasteiger partial charge in [0.15, 0.2) is 0 Å². The van der Waals surface area contributed by atoms with Crippen LogP contribution in [0.1, 0.15) is 26.7 Å². The molecule has 0 aromatic heterocycles. The Labute approximate surface area is 73.9 Å². The Kier molecular flexibility index (Phi) is 3.09. The van der Waals surface area contributed by atoms with E-state index in [2.05, 4.69) is 0 Å². The number of aliphatic hydroxyl groups is 1. The fourth-order valence-electron chi connectivity index (χ4n) is 1.76. The Bertz CT molecular complexity index is 151. The Balaban J connectivity index is 2.56. The zero-order chi connectivity index (χ0) is 9.19. The van der Waals surface area contributed by atoms with Crippen molar-refractivity contribution in [1.82, 2.24) is 0 Å². The van der Waals surface area contributed by atoms with E-state index in [1.807, 2.05) is 13.8 Å². The van der Waals surface area contributed by atoms with Crippen LogP contribution in [0.4, 0.5) is 0 Å². The molecule has 12 heavy (non-hydrogen) atoms. The van der Waals surface area contributed by atoms with Crippen LogP contribution in [0.3, 0.4) is 0 Å². The summed E-state index contributed by atoms with van der Waals surface area (Å²) in [5.74, 6) is 0.170. The van der Waals surface area contributed by atoms with E-state index in [9.17, 15) is 5.11 Å². The molecule has 0 spiro atoms. The van der Waals surface area contributed by atoms with Gasteiger partial charge in [-0.05, 0) is 25.8 Å². The van der Waals surface area contributed by atoms with E-state index in [0.29, 0.717) is 19.6 Å². The average molecular weight is 173 g/mol. The van der Waals surface area contributed by atoms with Crippen molar-refractivity contribution in [3.05, 3.63) is 0 Å². The Morgan fingerprint density at radius 2 is 2.42 bits per heavy atom. The van der Waals surface area contributed by atoms with Crippen LogP contribution < -0.4 is 5.73 Å². The Morgan fingerprint density at radius 1 is 1.75 bits per heavy atom. The molecule has 3 atom stereocenters. The van der Waals surface area contributed by atoms with Crippen molar-refractivity contribution in [2.24, 2.45) is 11.7 Å². The zero-order valence-corrected chi connectivity index (χ0v) is 7.92. The van der Waals surface area contributed by atoms with Gasteiger partial charge in [-0.2, -0.15) is 0 Å². The minimum atomic E-state index is -0.591. The third-order valence-corrected chi connectivity index (χ3v) is 2.85. The maximum Gasteiger partial charge on any atom is 0.0731 e. The monoisotopic (exact) mass is 173 g/mol. The van der Waals surface area contributed by atoms with E-state index in [1.165, 1.54) is 0 Å². The highest BCUT2D eigenvalue weighted by Crippen LogP contribution is 2.30. The first kappa shape index (κ1) is 9.96. The van der Waals surface area contributed by atoms with Crippen molar-refractivity contribution in [1.29, 1.82) is 0 Å². The standard InChI is InChI=1S/C9H19NO2/c1-7(6-10)9(11)3-4-12-8(2)5-9/h7-8,11H,3-6,10H2,1-2H3. The number of hydrogen-bond donors (Lipinski definition) is 2. The predicted molar refractivity (Wildman–Crippen MR) is 47.8 cm³/mol. The lowest BCUT2D eigenvalue weighted by molar-refractivity contribution is -0.121. The van der Waals surface area contributed by atoms with Crippen molar-refractivity contribution in [3.8, 4) is 0 Å². The molecular weight excluding hydrogens is 154 g/mol. The smallest absolute Gasteiger partial charge is 0.0731 e. The van der Waals surface area contributed by atoms with Crippen LogP contribution in [0.25, 0.3) is 0 Å². The van der Waals surface area contributed by atoms with E-state index in [1.54, 1.807) is 0 Å². The van der Waals surface area contributed by atoms with Crippen LogP contribution in [0.15, 0.2) is 0 Å². The largest absolute Gasteiger partial charge is 0.389 e. The fourth-order valence-corrected chi connectivity index (χ4v) is 1.76. The van der Waals surface area contributed by atoms with E-state index in [-0.39, 0.29) is 12.0 Å². The maximum absolute atomic E-state index is 10.2. The van der Waals surface area contributed by atoms with Crippen molar-refractivity contribution >= 4 is 0 Å². The molecule has 3 nitrogen and oxygen atoms in total. The maximum atomic E-state index is 10.2. The van der Waals surface area contributed by atoms with Gasteiger partial charge in [0.1, 0.15) is 0 Å². The number of rotatable bonds is 2. The van der Waals surface area contributed by atoms with Gasteiger partial charge in [-0.3, -0.25) is 0 Å². The zero-order valence-electron chi connectivity index (χ0n) is 7.92. The average Bonchev–Trinajstić information content (AvgIpc) is 2.02. The minimum Gasteiger partial charge on any atom is -0.389 e. The SMILES string of the molecule is CC1CC(O)(C(C)CN)CCO1. The van der Waals surface area contributed by atoms with Crippen molar-refractivity contribution in [3.63, 3.8) is 0 Å². The Hall–Kier alpha value is -0.120. The van der Waals surface area contributed by atoms with E-state index in [0.717, 1.165) is 6.42 Å². The summed E-state index contributed by atoms with van der Waals surface area (Å²) in [6.45, 7) is 5.19. The van der Waals surface area contributed by atoms with Crippen LogP contribution in [-0.2, 0) is 4.74 Å². The lowest BCUT2D eigenvalue weighted by atomic mass is 9.80. The summed E-state index contributed by atoms with van der Waals surface area (Å²) in [5.41, 5.74) is 4.94. The molecular formula is C9H19NO2. The first-order valence-electron chi connectivity index (χ1n) is 4.62. The third kappa shape index (κ3) is 1.97. The molecule has 0 amide bonds. The molecule has 1 saturated heterocycles. The van der Waals surface area contributed by atoms with Gasteiger partial charge in [-0.15, -0.1) is 0 Å². The fraction of sp³-hybridized carbons (Fsp3) is 1.00. The molecule has 1 heterocycles. The minimum absolute atomic E-state index is 0.165. The summed E-state index contributed by atoms with van der Waals surface area (Å²) >= 11 is 0. The van der Waals surface area contributed by atoms with Crippen LogP contribution in [0.2, 0.25) is 0 Å². The van der Waals surface area contributed by atoms with E-state index >= 15 is 0 Å². The molecule has 0 aromatic carbocycles. The summed E-state index contributed by atoms with van der Waals surface area (Å²) < 4.78 is 5.37. The third-order valence-electron chi connectivity index (χ3n) is 2.85. The van der Waals surface area contributed by atoms with Gasteiger partial charge >= 0.3 is 0 Å². The molecule has 0 aromatic rings. The second-order valence-electron chi connectivity index (χ2n) is 3.88. The number of hydrogen-bond acceptors (Lipinski definition) is 3. The second kappa shape index (κ2) is 3.73. The molecule has 1 aliphatic rings. The summed E-state index contributed by atoms with van der Waals surface area (Å²) in [6.07, 6.45) is 1.60. The highest BCUT2D eigenvalue weighted by molar-refractivity contribution is 4.89. The van der Waals surface area contributed by atoms with Gasteiger partial charge < -0.3 is 15.6 Å². The number of nitrogens with two attached hydrogens (primary N) is 1. The highest BCUT2D eigenvalue weighted by atomic mass is 16.5. The molecule has 0 saturated carbocycles. The first-order valence-corrected chi connectivity index (χ1v) is 4.62. The first-order chi connectivity index (χ1) is 5.58. The number of ether oxygens (including phenoxy) is 1. The van der Waals surface area contributed by atoms with Crippen LogP contribution >= 0.6 is 0 Å². The second-order valence-corrected chi connectivity index (χ2v) is 3.88. The van der Waals surface area contributed by atoms with E-state index < -0.39 is 5.60 Å². The van der Waals surface area contributed by atoms with Gasteiger partial charge in [0.2, 0.25) is 0 Å². The van der Waals surface area contributed by atoms with Crippen LogP contribution in [0.5, 0.6) is 0 Å². The van der Waals surface area contributed by atoms with Gasteiger partial charge in [0.05, 0.1) is 11.7 Å². The topological polar surface area (TPSA) is 55.5 Å². The summed E-state index contributed by atoms with van der Waals surface area (Å²) in [5, 5.41) is 10.2. The van der Waals surface area contributed by atoms with Crippen molar-refractivity contribution < 1.29 is 9.84 Å². The van der Waals surface area contributed by atoms with E-state index in [4.69, 9.17) is 10.5 Å². The quantitative estimate of drug-likeness (QED) is 0.639. The van der Waals surface area contributed by atoms with Crippen LogP contribution in [0, 0.1) is 5.92 Å². The summed E-state index contributed by atoms with van der Waals surface area (Å²) in [4.78, 5) is 0. The molecule has 1 rings (SSSR count). The van der Waals surface area contributed by atoms with Crippen molar-refractivity contribution in [2.45, 2.75) is 38.4 Å². The van der Waals surface area contributed by atoms with Gasteiger partial charge in [-0.1, -0.05) is 6.92 Å². The van der Waals surface area contributed by atoms with Gasteiger partial charge in [0, 0.05) is 13.0 Å². The van der Waals surface area contributed by atoms with Gasteiger partial charge in [0.25, 0.3) is 0 Å². The van der Waals surface area contributed by atoms with Crippen LogP contribution in [-0.4, -0.2) is 30.0 Å². The molecule has 1 fully saturated rings. The Morgan fingerprint density at radius 3 is 2.92 bits per heavy atom. The highest BCUT2D eigenvalue weighted by Gasteiger charge is 2.37. The molecule has 72 valence electrons. The molecule has 3 heteroatoms. The predicted octanol–water partition coefficient (Wildman–Crippen LogP) is 0.511. The lowest BCUT2D eigenvalue weighted by Gasteiger charge is -2.39. The molecule has 0 aliphatic carbocycles.